The molecule has 1 aromatic rings. The van der Waals surface area contributed by atoms with Crippen molar-refractivity contribution in [3.8, 4) is 0 Å². The second kappa shape index (κ2) is 7.59. The van der Waals surface area contributed by atoms with Gasteiger partial charge in [-0.05, 0) is 55.2 Å². The minimum atomic E-state index is -0.619. The van der Waals surface area contributed by atoms with Crippen LogP contribution in [0.1, 0.15) is 79.6 Å². The highest BCUT2D eigenvalue weighted by molar-refractivity contribution is 5.89. The van der Waals surface area contributed by atoms with E-state index in [9.17, 15) is 14.7 Å². The van der Waals surface area contributed by atoms with Crippen LogP contribution in [0.3, 0.4) is 0 Å². The van der Waals surface area contributed by atoms with Crippen LogP contribution in [0.5, 0.6) is 0 Å². The molecule has 25 heavy (non-hydrogen) atoms. The van der Waals surface area contributed by atoms with Crippen molar-refractivity contribution in [3.05, 3.63) is 35.4 Å². The molecule has 3 rings (SSSR count). The number of esters is 1. The van der Waals surface area contributed by atoms with Crippen molar-refractivity contribution in [1.82, 2.24) is 0 Å². The summed E-state index contributed by atoms with van der Waals surface area (Å²) in [6, 6.07) is 7.47. The van der Waals surface area contributed by atoms with Crippen molar-refractivity contribution in [3.63, 3.8) is 0 Å². The van der Waals surface area contributed by atoms with E-state index in [4.69, 9.17) is 4.74 Å². The molecule has 0 aromatic heterocycles. The van der Waals surface area contributed by atoms with E-state index in [0.29, 0.717) is 11.5 Å². The summed E-state index contributed by atoms with van der Waals surface area (Å²) in [5.74, 6) is -0.112. The maximum atomic E-state index is 12.1. The third kappa shape index (κ3) is 3.88. The molecule has 2 unspecified atom stereocenters. The molecule has 2 atom stereocenters. The van der Waals surface area contributed by atoms with E-state index < -0.39 is 11.4 Å². The average molecular weight is 344 g/mol. The van der Waals surface area contributed by atoms with Gasteiger partial charge in [0.15, 0.2) is 0 Å². The van der Waals surface area contributed by atoms with E-state index in [2.05, 4.69) is 0 Å². The molecule has 1 aromatic carbocycles. The Bertz CT molecular complexity index is 615. The van der Waals surface area contributed by atoms with E-state index in [0.717, 1.165) is 31.2 Å². The maximum Gasteiger partial charge on any atom is 0.337 e. The molecular weight excluding hydrogens is 316 g/mol. The molecule has 136 valence electrons. The predicted octanol–water partition coefficient (Wildman–Crippen LogP) is 4.78. The van der Waals surface area contributed by atoms with E-state index in [1.807, 2.05) is 12.1 Å². The maximum absolute atomic E-state index is 12.1. The number of carboxylic acids is 1. The van der Waals surface area contributed by atoms with E-state index >= 15 is 0 Å². The van der Waals surface area contributed by atoms with E-state index in [-0.39, 0.29) is 11.9 Å². The van der Waals surface area contributed by atoms with Crippen molar-refractivity contribution in [1.29, 1.82) is 0 Å². The summed E-state index contributed by atoms with van der Waals surface area (Å²) in [4.78, 5) is 23.7. The molecule has 0 radical (unpaired) electrons. The molecule has 2 aliphatic carbocycles. The van der Waals surface area contributed by atoms with Crippen molar-refractivity contribution in [2.24, 2.45) is 11.3 Å². The van der Waals surface area contributed by atoms with Gasteiger partial charge in [-0.2, -0.15) is 0 Å². The second-order valence-electron chi connectivity index (χ2n) is 7.85. The number of aliphatic carboxylic acids is 1. The smallest absolute Gasteiger partial charge is 0.337 e. The molecule has 4 heteroatoms. The molecule has 0 heterocycles. The molecule has 1 N–H and O–H groups in total. The van der Waals surface area contributed by atoms with Gasteiger partial charge in [0.1, 0.15) is 0 Å². The van der Waals surface area contributed by atoms with Crippen molar-refractivity contribution >= 4 is 11.9 Å². The molecule has 2 saturated carbocycles. The zero-order chi connectivity index (χ0) is 17.9. The van der Waals surface area contributed by atoms with E-state index in [1.165, 1.54) is 39.2 Å². The van der Waals surface area contributed by atoms with Gasteiger partial charge in [-0.3, -0.25) is 4.79 Å². The van der Waals surface area contributed by atoms with Crippen LogP contribution in [0.2, 0.25) is 0 Å². The quantitative estimate of drug-likeness (QED) is 0.781. The van der Waals surface area contributed by atoms with Gasteiger partial charge >= 0.3 is 11.9 Å². The number of carbonyl (C=O) groups excluding carboxylic acids is 1. The Morgan fingerprint density at radius 3 is 2.40 bits per heavy atom. The van der Waals surface area contributed by atoms with E-state index in [1.54, 1.807) is 12.1 Å². The minimum absolute atomic E-state index is 0.270. The fraction of sp³-hybridized carbons (Fsp3) is 0.619. The fourth-order valence-corrected chi connectivity index (χ4v) is 4.83. The lowest BCUT2D eigenvalue weighted by molar-refractivity contribution is -0.150. The average Bonchev–Trinajstić information content (AvgIpc) is 3.07. The highest BCUT2D eigenvalue weighted by Gasteiger charge is 2.46. The monoisotopic (exact) mass is 344 g/mol. The van der Waals surface area contributed by atoms with Crippen LogP contribution >= 0.6 is 0 Å². The standard InChI is InChI=1S/C21H28O4/c1-25-19(22)17-9-7-16(8-10-17)18-11-12-21(14-18,20(23)24)13-15-5-3-2-4-6-15/h7-10,15,18H,2-6,11-14H2,1H3,(H,23,24). The van der Waals surface area contributed by atoms with Crippen molar-refractivity contribution < 1.29 is 19.4 Å². The molecule has 0 saturated heterocycles. The minimum Gasteiger partial charge on any atom is -0.481 e. The van der Waals surface area contributed by atoms with Gasteiger partial charge in [0, 0.05) is 0 Å². The Morgan fingerprint density at radius 2 is 1.80 bits per heavy atom. The lowest BCUT2D eigenvalue weighted by Crippen LogP contribution is -2.31. The van der Waals surface area contributed by atoms with Crippen LogP contribution in [-0.4, -0.2) is 24.2 Å². The topological polar surface area (TPSA) is 63.6 Å². The Balaban J connectivity index is 1.71. The van der Waals surface area contributed by atoms with Gasteiger partial charge in [-0.25, -0.2) is 4.79 Å². The first-order chi connectivity index (χ1) is 12.0. The number of methoxy groups -OCH3 is 1. The van der Waals surface area contributed by atoms with Gasteiger partial charge in [-0.1, -0.05) is 44.2 Å². The van der Waals surface area contributed by atoms with Gasteiger partial charge < -0.3 is 9.84 Å². The Hall–Kier alpha value is -1.84. The Labute approximate surface area is 149 Å². The van der Waals surface area contributed by atoms with Gasteiger partial charge in [0.25, 0.3) is 0 Å². The lowest BCUT2D eigenvalue weighted by atomic mass is 9.72. The molecule has 0 amide bonds. The second-order valence-corrected chi connectivity index (χ2v) is 7.85. The van der Waals surface area contributed by atoms with Crippen LogP contribution in [0.15, 0.2) is 24.3 Å². The summed E-state index contributed by atoms with van der Waals surface area (Å²) in [7, 11) is 1.37. The molecule has 2 aliphatic rings. The van der Waals surface area contributed by atoms with Crippen molar-refractivity contribution in [2.75, 3.05) is 7.11 Å². The predicted molar refractivity (Wildman–Crippen MR) is 95.6 cm³/mol. The van der Waals surface area contributed by atoms with Gasteiger partial charge in [0.2, 0.25) is 0 Å². The summed E-state index contributed by atoms with van der Waals surface area (Å²) in [6.45, 7) is 0. The van der Waals surface area contributed by atoms with Crippen LogP contribution in [0.4, 0.5) is 0 Å². The Morgan fingerprint density at radius 1 is 1.12 bits per heavy atom. The molecule has 0 spiro atoms. The van der Waals surface area contributed by atoms with Crippen LogP contribution in [-0.2, 0) is 9.53 Å². The van der Waals surface area contributed by atoms with Crippen molar-refractivity contribution in [2.45, 2.75) is 63.7 Å². The zero-order valence-corrected chi connectivity index (χ0v) is 15.0. The zero-order valence-electron chi connectivity index (χ0n) is 15.0. The summed E-state index contributed by atoms with van der Waals surface area (Å²) >= 11 is 0. The number of benzene rings is 1. The number of carboxylic acid groups (broad SMARTS) is 1. The molecule has 4 nitrogen and oxygen atoms in total. The molecule has 2 fully saturated rings. The largest absolute Gasteiger partial charge is 0.481 e. The summed E-state index contributed by atoms with van der Waals surface area (Å²) in [5, 5.41) is 9.95. The highest BCUT2D eigenvalue weighted by atomic mass is 16.5. The van der Waals surface area contributed by atoms with Gasteiger partial charge in [0.05, 0.1) is 18.1 Å². The number of ether oxygens (including phenoxy) is 1. The number of hydrogen-bond donors (Lipinski definition) is 1. The normalized spacial score (nSPS) is 27.2. The number of hydrogen-bond acceptors (Lipinski definition) is 3. The number of carbonyl (C=O) groups is 2. The molecular formula is C21H28O4. The SMILES string of the molecule is COC(=O)c1ccc(C2CCC(CC3CCCCC3)(C(=O)O)C2)cc1. The third-order valence-electron chi connectivity index (χ3n) is 6.27. The van der Waals surface area contributed by atoms with Crippen LogP contribution in [0, 0.1) is 11.3 Å². The highest BCUT2D eigenvalue weighted by Crippen LogP contribution is 2.51. The lowest BCUT2D eigenvalue weighted by Gasteiger charge is -2.31. The first-order valence-corrected chi connectivity index (χ1v) is 9.46. The summed E-state index contributed by atoms with van der Waals surface area (Å²) in [5.41, 5.74) is 1.11. The van der Waals surface area contributed by atoms with Gasteiger partial charge in [-0.15, -0.1) is 0 Å². The fourth-order valence-electron chi connectivity index (χ4n) is 4.83. The summed E-state index contributed by atoms with van der Waals surface area (Å²) < 4.78 is 4.73. The first kappa shape index (κ1) is 18.0. The summed E-state index contributed by atoms with van der Waals surface area (Å²) in [6.07, 6.45) is 9.40. The number of rotatable bonds is 5. The third-order valence-corrected chi connectivity index (χ3v) is 6.27. The van der Waals surface area contributed by atoms with Crippen LogP contribution < -0.4 is 0 Å². The Kier molecular flexibility index (Phi) is 5.45. The first-order valence-electron chi connectivity index (χ1n) is 9.46. The van der Waals surface area contributed by atoms with Crippen LogP contribution in [0.25, 0.3) is 0 Å². The molecule has 0 bridgehead atoms. The molecule has 0 aliphatic heterocycles.